The molecule has 24 heavy (non-hydrogen) atoms. The zero-order valence-corrected chi connectivity index (χ0v) is 15.2. The molecule has 0 radical (unpaired) electrons. The van der Waals surface area contributed by atoms with Crippen molar-refractivity contribution >= 4 is 47.8 Å². The Balaban J connectivity index is 0.00000104. The van der Waals surface area contributed by atoms with Crippen LogP contribution in [0.2, 0.25) is 0 Å². The summed E-state index contributed by atoms with van der Waals surface area (Å²) in [6, 6.07) is 6.63. The predicted octanol–water partition coefficient (Wildman–Crippen LogP) is 2.12. The van der Waals surface area contributed by atoms with E-state index in [-0.39, 0.29) is 30.7 Å². The van der Waals surface area contributed by atoms with Gasteiger partial charge in [0.2, 0.25) is 5.91 Å². The van der Waals surface area contributed by atoms with E-state index in [4.69, 9.17) is 10.2 Å². The molecule has 8 heteroatoms. The fraction of sp³-hybridized carbons (Fsp3) is 0.500. The van der Waals surface area contributed by atoms with E-state index in [2.05, 4.69) is 9.88 Å². The molecule has 0 spiro atoms. The van der Waals surface area contributed by atoms with Crippen LogP contribution in [0.5, 0.6) is 0 Å². The van der Waals surface area contributed by atoms with Gasteiger partial charge in [-0.1, -0.05) is 6.07 Å². The Hall–Kier alpha value is -1.50. The summed E-state index contributed by atoms with van der Waals surface area (Å²) in [5, 5.41) is 0. The summed E-state index contributed by atoms with van der Waals surface area (Å²) < 4.78 is 5.82. The number of piperazine rings is 1. The van der Waals surface area contributed by atoms with Crippen molar-refractivity contribution in [2.45, 2.75) is 25.3 Å². The first-order valence-electron chi connectivity index (χ1n) is 7.76. The molecule has 0 bridgehead atoms. The molecule has 1 saturated heterocycles. The van der Waals surface area contributed by atoms with Crippen molar-refractivity contribution in [3.05, 3.63) is 23.8 Å². The van der Waals surface area contributed by atoms with Crippen LogP contribution in [-0.2, 0) is 4.79 Å². The molecule has 2 heterocycles. The van der Waals surface area contributed by atoms with E-state index in [0.29, 0.717) is 19.1 Å². The minimum absolute atomic E-state index is 0. The van der Waals surface area contributed by atoms with Crippen LogP contribution in [0.1, 0.15) is 18.4 Å². The van der Waals surface area contributed by atoms with Crippen molar-refractivity contribution in [3.63, 3.8) is 0 Å². The molecular weight excluding hydrogens is 351 g/mol. The van der Waals surface area contributed by atoms with Crippen molar-refractivity contribution < 1.29 is 9.21 Å². The summed E-state index contributed by atoms with van der Waals surface area (Å²) in [5.41, 5.74) is 8.28. The van der Waals surface area contributed by atoms with Gasteiger partial charge in [0.15, 0.2) is 5.58 Å². The van der Waals surface area contributed by atoms with E-state index in [1.54, 1.807) is 0 Å². The normalized spacial score (nSPS) is 18.8. The van der Waals surface area contributed by atoms with E-state index in [1.807, 2.05) is 30.0 Å². The van der Waals surface area contributed by atoms with Gasteiger partial charge in [0.05, 0.1) is 5.54 Å². The van der Waals surface area contributed by atoms with Gasteiger partial charge in [0, 0.05) is 26.2 Å². The SMILES string of the molecule is Cc1ccc2oc(N3CCN(C(=O)C4(N)CC4)CC3)nc2c1.Cl.Cl. The van der Waals surface area contributed by atoms with Crippen molar-refractivity contribution in [3.8, 4) is 0 Å². The van der Waals surface area contributed by atoms with E-state index in [1.165, 1.54) is 5.56 Å². The summed E-state index contributed by atoms with van der Waals surface area (Å²) in [6.07, 6.45) is 1.63. The number of nitrogens with zero attached hydrogens (tertiary/aromatic N) is 3. The van der Waals surface area contributed by atoms with Gasteiger partial charge in [0.25, 0.3) is 6.01 Å². The second-order valence-corrected chi connectivity index (χ2v) is 6.40. The number of amides is 1. The van der Waals surface area contributed by atoms with Gasteiger partial charge in [0.1, 0.15) is 5.52 Å². The number of hydrogen-bond donors (Lipinski definition) is 1. The van der Waals surface area contributed by atoms with Crippen molar-refractivity contribution in [1.29, 1.82) is 0 Å². The molecule has 2 N–H and O–H groups in total. The van der Waals surface area contributed by atoms with E-state index >= 15 is 0 Å². The van der Waals surface area contributed by atoms with Crippen LogP contribution in [0.4, 0.5) is 6.01 Å². The van der Waals surface area contributed by atoms with Gasteiger partial charge in [-0.25, -0.2) is 0 Å². The quantitative estimate of drug-likeness (QED) is 0.873. The highest BCUT2D eigenvalue weighted by Crippen LogP contribution is 2.34. The molecule has 4 rings (SSSR count). The molecule has 1 aromatic heterocycles. The Morgan fingerprint density at radius 1 is 1.21 bits per heavy atom. The minimum Gasteiger partial charge on any atom is -0.423 e. The molecule has 1 aromatic carbocycles. The molecule has 2 fully saturated rings. The molecular formula is C16H22Cl2N4O2. The zero-order valence-electron chi connectivity index (χ0n) is 13.5. The molecule has 1 aliphatic heterocycles. The number of halogens is 2. The average molecular weight is 373 g/mol. The molecule has 132 valence electrons. The molecule has 1 amide bonds. The standard InChI is InChI=1S/C16H20N4O2.2ClH/c1-11-2-3-13-12(10-11)18-15(22-13)20-8-6-19(7-9-20)14(21)16(17)4-5-16;;/h2-3,10H,4-9,17H2,1H3;2*1H. The third-order valence-corrected chi connectivity index (χ3v) is 4.58. The predicted molar refractivity (Wildman–Crippen MR) is 98.2 cm³/mol. The summed E-state index contributed by atoms with van der Waals surface area (Å²) in [4.78, 5) is 20.8. The number of carbonyl (C=O) groups is 1. The highest BCUT2D eigenvalue weighted by Gasteiger charge is 2.48. The van der Waals surface area contributed by atoms with Crippen molar-refractivity contribution in [1.82, 2.24) is 9.88 Å². The summed E-state index contributed by atoms with van der Waals surface area (Å²) in [6.45, 7) is 4.85. The van der Waals surface area contributed by atoms with Crippen molar-refractivity contribution in [2.75, 3.05) is 31.1 Å². The van der Waals surface area contributed by atoms with E-state index in [0.717, 1.165) is 37.0 Å². The van der Waals surface area contributed by atoms with Crippen LogP contribution in [0, 0.1) is 6.92 Å². The number of aromatic nitrogens is 1. The largest absolute Gasteiger partial charge is 0.423 e. The minimum atomic E-state index is -0.572. The summed E-state index contributed by atoms with van der Waals surface area (Å²) >= 11 is 0. The molecule has 0 atom stereocenters. The summed E-state index contributed by atoms with van der Waals surface area (Å²) in [7, 11) is 0. The van der Waals surface area contributed by atoms with E-state index < -0.39 is 5.54 Å². The van der Waals surface area contributed by atoms with Gasteiger partial charge in [-0.05, 0) is 37.5 Å². The Kier molecular flexibility index (Phi) is 5.32. The van der Waals surface area contributed by atoms with Gasteiger partial charge in [-0.15, -0.1) is 24.8 Å². The number of fused-ring (bicyclic) bond motifs is 1. The smallest absolute Gasteiger partial charge is 0.298 e. The first kappa shape index (κ1) is 18.8. The van der Waals surface area contributed by atoms with Crippen LogP contribution >= 0.6 is 24.8 Å². The van der Waals surface area contributed by atoms with Crippen molar-refractivity contribution in [2.24, 2.45) is 5.73 Å². The summed E-state index contributed by atoms with van der Waals surface area (Å²) in [5.74, 6) is 0.0975. The van der Waals surface area contributed by atoms with Gasteiger partial charge < -0.3 is 20.0 Å². The molecule has 1 saturated carbocycles. The number of hydrogen-bond acceptors (Lipinski definition) is 5. The molecule has 0 unspecified atom stereocenters. The number of benzene rings is 1. The lowest BCUT2D eigenvalue weighted by atomic mass is 10.2. The third-order valence-electron chi connectivity index (χ3n) is 4.58. The Morgan fingerprint density at radius 2 is 1.88 bits per heavy atom. The fourth-order valence-corrected chi connectivity index (χ4v) is 2.92. The van der Waals surface area contributed by atoms with Crippen LogP contribution < -0.4 is 10.6 Å². The Morgan fingerprint density at radius 3 is 2.50 bits per heavy atom. The first-order valence-corrected chi connectivity index (χ1v) is 7.76. The second kappa shape index (κ2) is 6.78. The third kappa shape index (κ3) is 3.31. The Labute approximate surface area is 153 Å². The lowest BCUT2D eigenvalue weighted by Gasteiger charge is -2.35. The molecule has 2 aliphatic rings. The highest BCUT2D eigenvalue weighted by molar-refractivity contribution is 5.89. The number of aryl methyl sites for hydroxylation is 1. The number of carbonyl (C=O) groups excluding carboxylic acids is 1. The lowest BCUT2D eigenvalue weighted by Crippen LogP contribution is -2.54. The number of rotatable bonds is 2. The van der Waals surface area contributed by atoms with Crippen LogP contribution in [0.25, 0.3) is 11.1 Å². The maximum atomic E-state index is 12.2. The number of anilines is 1. The van der Waals surface area contributed by atoms with Crippen LogP contribution in [0.3, 0.4) is 0 Å². The zero-order chi connectivity index (χ0) is 15.3. The Bertz CT molecular complexity index is 737. The maximum Gasteiger partial charge on any atom is 0.298 e. The van der Waals surface area contributed by atoms with Gasteiger partial charge in [-0.3, -0.25) is 4.79 Å². The lowest BCUT2D eigenvalue weighted by molar-refractivity contribution is -0.133. The number of oxazole rings is 1. The fourth-order valence-electron chi connectivity index (χ4n) is 2.92. The van der Waals surface area contributed by atoms with E-state index in [9.17, 15) is 4.79 Å². The monoisotopic (exact) mass is 372 g/mol. The highest BCUT2D eigenvalue weighted by atomic mass is 35.5. The van der Waals surface area contributed by atoms with Crippen LogP contribution in [-0.4, -0.2) is 47.5 Å². The first-order chi connectivity index (χ1) is 10.5. The second-order valence-electron chi connectivity index (χ2n) is 6.40. The average Bonchev–Trinajstić information content (AvgIpc) is 3.13. The molecule has 1 aliphatic carbocycles. The van der Waals surface area contributed by atoms with Gasteiger partial charge >= 0.3 is 0 Å². The maximum absolute atomic E-state index is 12.2. The van der Waals surface area contributed by atoms with Gasteiger partial charge in [-0.2, -0.15) is 4.98 Å². The topological polar surface area (TPSA) is 75.6 Å². The number of nitrogens with two attached hydrogens (primary N) is 1. The molecule has 2 aromatic rings. The molecule has 6 nitrogen and oxygen atoms in total. The van der Waals surface area contributed by atoms with Crippen LogP contribution in [0.15, 0.2) is 22.6 Å².